The highest BCUT2D eigenvalue weighted by Crippen LogP contribution is 2.35. The summed E-state index contributed by atoms with van der Waals surface area (Å²) in [6, 6.07) is 6.19. The van der Waals surface area contributed by atoms with Crippen molar-refractivity contribution >= 4 is 35.1 Å². The second-order valence-corrected chi connectivity index (χ2v) is 12.5. The van der Waals surface area contributed by atoms with Crippen molar-refractivity contribution in [1.29, 1.82) is 0 Å². The monoisotopic (exact) mass is 598 g/mol. The van der Waals surface area contributed by atoms with Crippen LogP contribution in [0.1, 0.15) is 69.8 Å². The summed E-state index contributed by atoms with van der Waals surface area (Å²) in [5.41, 5.74) is 0.133. The molecule has 3 N–H and O–H groups in total. The normalized spacial score (nSPS) is 20.8. The lowest BCUT2D eigenvalue weighted by Crippen LogP contribution is -2.52. The van der Waals surface area contributed by atoms with E-state index in [-0.39, 0.29) is 29.2 Å². The van der Waals surface area contributed by atoms with Crippen molar-refractivity contribution in [2.45, 2.75) is 65.5 Å². The Balaban J connectivity index is 1.44. The largest absolute Gasteiger partial charge is 0.489 e. The summed E-state index contributed by atoms with van der Waals surface area (Å²) in [5.74, 6) is 0.634. The molecule has 1 aromatic heterocycles. The number of benzene rings is 1. The number of ether oxygens (including phenoxy) is 1. The summed E-state index contributed by atoms with van der Waals surface area (Å²) in [6.45, 7) is 10.6. The van der Waals surface area contributed by atoms with Crippen molar-refractivity contribution < 1.29 is 19.1 Å². The van der Waals surface area contributed by atoms with E-state index < -0.39 is 11.9 Å². The number of halogens is 1. The molecular formula is C31H43ClN6O4. The molecule has 0 bridgehead atoms. The number of hydrogen-bond donors (Lipinski definition) is 3. The Morgan fingerprint density at radius 2 is 1.93 bits per heavy atom. The molecule has 1 saturated heterocycles. The SMILES string of the molecule is CC(C)C[C@@H]1NC(=O)c2cc(Cl)ccc2OC/C=C/CC2(CCN(CC(=O)Nc3ccnn3C(C)C)CC2)CNC1=O. The number of carbonyl (C=O) groups excluding carboxylic acids is 3. The highest BCUT2D eigenvalue weighted by atomic mass is 35.5. The molecule has 10 nitrogen and oxygen atoms in total. The summed E-state index contributed by atoms with van der Waals surface area (Å²) < 4.78 is 7.73. The van der Waals surface area contributed by atoms with Gasteiger partial charge in [0.1, 0.15) is 24.2 Å². The third-order valence-electron chi connectivity index (χ3n) is 7.92. The maximum absolute atomic E-state index is 13.4. The number of amides is 3. The van der Waals surface area contributed by atoms with Crippen LogP contribution in [0.25, 0.3) is 0 Å². The Kier molecular flexibility index (Phi) is 10.7. The van der Waals surface area contributed by atoms with Gasteiger partial charge in [0.2, 0.25) is 11.8 Å². The first-order chi connectivity index (χ1) is 20.0. The molecule has 1 atom stereocenters. The van der Waals surface area contributed by atoms with E-state index in [0.717, 1.165) is 32.4 Å². The third kappa shape index (κ3) is 8.35. The molecular weight excluding hydrogens is 556 g/mol. The second-order valence-electron chi connectivity index (χ2n) is 12.1. The molecule has 3 amide bonds. The number of likely N-dealkylation sites (tertiary alicyclic amines) is 1. The average molecular weight is 599 g/mol. The number of rotatable bonds is 6. The Bertz CT molecular complexity index is 1280. The lowest BCUT2D eigenvalue weighted by molar-refractivity contribution is -0.124. The first kappa shape index (κ1) is 31.6. The van der Waals surface area contributed by atoms with Gasteiger partial charge in [-0.25, -0.2) is 4.68 Å². The number of anilines is 1. The highest BCUT2D eigenvalue weighted by Gasteiger charge is 2.35. The quantitative estimate of drug-likeness (QED) is 0.423. The standard InChI is InChI=1S/C31H43ClN6O4/c1-21(2)17-25-30(41)33-20-31(10-5-6-16-42-26-8-7-23(32)18-24(26)29(40)35-25)11-14-37(15-12-31)19-28(39)36-27-9-13-34-38(27)22(3)4/h5-9,13,18,21-22,25H,10-12,14-17,19-20H2,1-4H3,(H,33,41)(H,35,40)(H,36,39)/b6-5+/t25-/m0/s1. The van der Waals surface area contributed by atoms with E-state index in [1.54, 1.807) is 35.1 Å². The van der Waals surface area contributed by atoms with Crippen molar-refractivity contribution in [3.63, 3.8) is 0 Å². The molecule has 42 heavy (non-hydrogen) atoms. The number of allylic oxidation sites excluding steroid dienone is 1. The van der Waals surface area contributed by atoms with Crippen LogP contribution in [0.15, 0.2) is 42.6 Å². The minimum atomic E-state index is -0.692. The lowest BCUT2D eigenvalue weighted by Gasteiger charge is -2.41. The molecule has 0 radical (unpaired) electrons. The fourth-order valence-corrected chi connectivity index (χ4v) is 5.70. The number of nitrogens with zero attached hydrogens (tertiary/aromatic N) is 3. The summed E-state index contributed by atoms with van der Waals surface area (Å²) in [6.07, 6.45) is 8.63. The van der Waals surface area contributed by atoms with Crippen molar-refractivity contribution in [3.05, 3.63) is 53.2 Å². The lowest BCUT2D eigenvalue weighted by atomic mass is 9.75. The van der Waals surface area contributed by atoms with Gasteiger partial charge in [0.05, 0.1) is 18.3 Å². The Labute approximate surface area is 253 Å². The summed E-state index contributed by atoms with van der Waals surface area (Å²) in [7, 11) is 0. The van der Waals surface area contributed by atoms with Crippen molar-refractivity contribution in [2.24, 2.45) is 11.3 Å². The van der Waals surface area contributed by atoms with Gasteiger partial charge in [-0.2, -0.15) is 5.10 Å². The van der Waals surface area contributed by atoms with Crippen LogP contribution in [0, 0.1) is 11.3 Å². The number of piperidine rings is 1. The van der Waals surface area contributed by atoms with E-state index in [1.807, 2.05) is 33.8 Å². The fraction of sp³-hybridized carbons (Fsp3) is 0.548. The molecule has 11 heteroatoms. The van der Waals surface area contributed by atoms with Crippen LogP contribution in [-0.2, 0) is 9.59 Å². The van der Waals surface area contributed by atoms with Gasteiger partial charge in [-0.3, -0.25) is 19.3 Å². The molecule has 2 aromatic rings. The predicted octanol–water partition coefficient (Wildman–Crippen LogP) is 4.44. The topological polar surface area (TPSA) is 118 Å². The smallest absolute Gasteiger partial charge is 0.255 e. The molecule has 4 rings (SSSR count). The minimum absolute atomic E-state index is 0.0708. The molecule has 3 heterocycles. The number of nitrogens with one attached hydrogen (secondary N) is 3. The van der Waals surface area contributed by atoms with Crippen molar-refractivity contribution in [2.75, 3.05) is 38.1 Å². The van der Waals surface area contributed by atoms with Gasteiger partial charge in [-0.05, 0) is 82.2 Å². The van der Waals surface area contributed by atoms with E-state index in [0.29, 0.717) is 48.3 Å². The van der Waals surface area contributed by atoms with Gasteiger partial charge in [0.25, 0.3) is 5.91 Å². The van der Waals surface area contributed by atoms with Gasteiger partial charge >= 0.3 is 0 Å². The Hall–Kier alpha value is -3.37. The van der Waals surface area contributed by atoms with Gasteiger partial charge in [0.15, 0.2) is 0 Å². The number of fused-ring (bicyclic) bond motifs is 1. The van der Waals surface area contributed by atoms with E-state index >= 15 is 0 Å². The summed E-state index contributed by atoms with van der Waals surface area (Å²) in [4.78, 5) is 41.7. The molecule has 1 aromatic carbocycles. The number of hydrogen-bond acceptors (Lipinski definition) is 6. The molecule has 0 saturated carbocycles. The summed E-state index contributed by atoms with van der Waals surface area (Å²) >= 11 is 6.18. The molecule has 2 aliphatic heterocycles. The Morgan fingerprint density at radius 3 is 2.64 bits per heavy atom. The molecule has 0 aliphatic carbocycles. The van der Waals surface area contributed by atoms with E-state index in [1.165, 1.54) is 0 Å². The number of aromatic nitrogens is 2. The maximum atomic E-state index is 13.4. The molecule has 1 fully saturated rings. The van der Waals surface area contributed by atoms with Crippen molar-refractivity contribution in [1.82, 2.24) is 25.3 Å². The molecule has 0 unspecified atom stereocenters. The first-order valence-electron chi connectivity index (χ1n) is 14.8. The van der Waals surface area contributed by atoms with Gasteiger partial charge < -0.3 is 20.7 Å². The van der Waals surface area contributed by atoms with Crippen LogP contribution >= 0.6 is 11.6 Å². The second kappa shape index (κ2) is 14.2. The zero-order chi connectivity index (χ0) is 30.3. The van der Waals surface area contributed by atoms with Crippen LogP contribution in [0.5, 0.6) is 5.75 Å². The van der Waals surface area contributed by atoms with Crippen LogP contribution < -0.4 is 20.7 Å². The van der Waals surface area contributed by atoms with E-state index in [2.05, 4.69) is 32.0 Å². The van der Waals surface area contributed by atoms with Crippen LogP contribution in [0.2, 0.25) is 5.02 Å². The maximum Gasteiger partial charge on any atom is 0.255 e. The molecule has 2 aliphatic rings. The predicted molar refractivity (Wildman–Crippen MR) is 164 cm³/mol. The minimum Gasteiger partial charge on any atom is -0.489 e. The summed E-state index contributed by atoms with van der Waals surface area (Å²) in [5, 5.41) is 13.8. The van der Waals surface area contributed by atoms with Gasteiger partial charge in [0, 0.05) is 23.7 Å². The van der Waals surface area contributed by atoms with Crippen LogP contribution in [0.4, 0.5) is 5.82 Å². The van der Waals surface area contributed by atoms with Gasteiger partial charge in [-0.1, -0.05) is 37.6 Å². The zero-order valence-electron chi connectivity index (χ0n) is 25.0. The average Bonchev–Trinajstić information content (AvgIpc) is 3.40. The van der Waals surface area contributed by atoms with Crippen LogP contribution in [-0.4, -0.2) is 71.2 Å². The van der Waals surface area contributed by atoms with Gasteiger partial charge in [-0.15, -0.1) is 0 Å². The first-order valence-corrected chi connectivity index (χ1v) is 15.1. The highest BCUT2D eigenvalue weighted by molar-refractivity contribution is 6.31. The van der Waals surface area contributed by atoms with Crippen LogP contribution in [0.3, 0.4) is 0 Å². The van der Waals surface area contributed by atoms with Crippen molar-refractivity contribution in [3.8, 4) is 5.75 Å². The zero-order valence-corrected chi connectivity index (χ0v) is 25.7. The fourth-order valence-electron chi connectivity index (χ4n) is 5.53. The Morgan fingerprint density at radius 1 is 1.17 bits per heavy atom. The molecule has 228 valence electrons. The van der Waals surface area contributed by atoms with E-state index in [9.17, 15) is 14.4 Å². The van der Waals surface area contributed by atoms with E-state index in [4.69, 9.17) is 16.3 Å². The third-order valence-corrected chi connectivity index (χ3v) is 8.15. The molecule has 1 spiro atoms. The number of carbonyl (C=O) groups is 3.